The fourth-order valence-corrected chi connectivity index (χ4v) is 8.16. The number of rotatable bonds is 3. The Hall–Kier alpha value is -5.86. The zero-order valence-electron chi connectivity index (χ0n) is 26.3. The van der Waals surface area contributed by atoms with E-state index in [4.69, 9.17) is 4.42 Å². The predicted molar refractivity (Wildman–Crippen MR) is 198 cm³/mol. The highest BCUT2D eigenvalue weighted by Crippen LogP contribution is 2.52. The Morgan fingerprint density at radius 2 is 1.09 bits per heavy atom. The molecular formula is C45H31NO. The standard InChI is InChI=1S/C45H31NO/c1-45(2)39-17-9-7-15-34(39)38-26-30(21-24-40(38)45)46(31-20-23-36-35-16-8-10-18-42(35)47-43(36)27-31)41-25-29-12-4-5-13-32(29)37-22-19-28-11-3-6-14-33(28)44(37)41/h3-27H,1-2H3. The lowest BCUT2D eigenvalue weighted by Gasteiger charge is -2.29. The topological polar surface area (TPSA) is 16.4 Å². The van der Waals surface area contributed by atoms with Gasteiger partial charge < -0.3 is 9.32 Å². The molecule has 8 aromatic carbocycles. The minimum absolute atomic E-state index is 0.0612. The first-order valence-electron chi connectivity index (χ1n) is 16.4. The van der Waals surface area contributed by atoms with Crippen molar-refractivity contribution in [2.24, 2.45) is 0 Å². The molecule has 0 bridgehead atoms. The quantitative estimate of drug-likeness (QED) is 0.187. The lowest BCUT2D eigenvalue weighted by molar-refractivity contribution is 0.660. The molecule has 0 spiro atoms. The molecule has 2 nitrogen and oxygen atoms in total. The van der Waals surface area contributed by atoms with Gasteiger partial charge in [0, 0.05) is 39.0 Å². The van der Waals surface area contributed by atoms with Crippen molar-refractivity contribution in [2.45, 2.75) is 19.3 Å². The number of nitrogens with zero attached hydrogens (tertiary/aromatic N) is 1. The average Bonchev–Trinajstić information content (AvgIpc) is 3.59. The predicted octanol–water partition coefficient (Wildman–Crippen LogP) is 12.8. The number of anilines is 3. The number of hydrogen-bond donors (Lipinski definition) is 0. The van der Waals surface area contributed by atoms with Gasteiger partial charge in [-0.05, 0) is 85.6 Å². The van der Waals surface area contributed by atoms with E-state index in [1.54, 1.807) is 0 Å². The van der Waals surface area contributed by atoms with Gasteiger partial charge in [-0.15, -0.1) is 0 Å². The summed E-state index contributed by atoms with van der Waals surface area (Å²) in [6, 6.07) is 55.4. The molecule has 1 heterocycles. The molecule has 1 aliphatic rings. The van der Waals surface area contributed by atoms with E-state index in [-0.39, 0.29) is 5.41 Å². The Morgan fingerprint density at radius 1 is 0.447 bits per heavy atom. The summed E-state index contributed by atoms with van der Waals surface area (Å²) in [6.45, 7) is 4.68. The molecule has 10 rings (SSSR count). The Bertz CT molecular complexity index is 2730. The van der Waals surface area contributed by atoms with Crippen LogP contribution in [0.1, 0.15) is 25.0 Å². The summed E-state index contributed by atoms with van der Waals surface area (Å²) < 4.78 is 6.46. The second-order valence-electron chi connectivity index (χ2n) is 13.3. The van der Waals surface area contributed by atoms with Crippen LogP contribution in [0.3, 0.4) is 0 Å². The molecule has 0 saturated heterocycles. The fraction of sp³-hybridized carbons (Fsp3) is 0.0667. The first kappa shape index (κ1) is 26.4. The third kappa shape index (κ3) is 3.73. The molecule has 0 unspecified atom stereocenters. The summed E-state index contributed by atoms with van der Waals surface area (Å²) in [4.78, 5) is 2.45. The van der Waals surface area contributed by atoms with Crippen LogP contribution in [0.4, 0.5) is 17.1 Å². The van der Waals surface area contributed by atoms with E-state index in [0.717, 1.165) is 39.0 Å². The molecule has 0 fully saturated rings. The van der Waals surface area contributed by atoms with Crippen molar-refractivity contribution in [2.75, 3.05) is 4.90 Å². The normalized spacial score (nSPS) is 13.5. The highest BCUT2D eigenvalue weighted by molar-refractivity contribution is 6.23. The molecule has 1 aliphatic carbocycles. The summed E-state index contributed by atoms with van der Waals surface area (Å²) in [7, 11) is 0. The first-order chi connectivity index (χ1) is 23.1. The second kappa shape index (κ2) is 9.57. The third-order valence-corrected chi connectivity index (χ3v) is 10.4. The number of benzene rings is 8. The smallest absolute Gasteiger partial charge is 0.137 e. The summed E-state index contributed by atoms with van der Waals surface area (Å²) >= 11 is 0. The van der Waals surface area contributed by atoms with E-state index in [9.17, 15) is 0 Å². The fourth-order valence-electron chi connectivity index (χ4n) is 8.16. The van der Waals surface area contributed by atoms with Gasteiger partial charge in [0.15, 0.2) is 0 Å². The Kier molecular flexibility index (Phi) is 5.37. The summed E-state index contributed by atoms with van der Waals surface area (Å²) in [6.07, 6.45) is 0. The maximum absolute atomic E-state index is 6.46. The molecule has 2 heteroatoms. The summed E-state index contributed by atoms with van der Waals surface area (Å²) in [5, 5.41) is 9.71. The minimum atomic E-state index is -0.0612. The zero-order chi connectivity index (χ0) is 31.3. The monoisotopic (exact) mass is 601 g/mol. The number of fused-ring (bicyclic) bond motifs is 11. The lowest BCUT2D eigenvalue weighted by Crippen LogP contribution is -2.15. The van der Waals surface area contributed by atoms with E-state index in [0.29, 0.717) is 0 Å². The van der Waals surface area contributed by atoms with Crippen molar-refractivity contribution in [3.05, 3.63) is 163 Å². The van der Waals surface area contributed by atoms with E-state index >= 15 is 0 Å². The van der Waals surface area contributed by atoms with Gasteiger partial charge in [-0.2, -0.15) is 0 Å². The number of furan rings is 1. The minimum Gasteiger partial charge on any atom is -0.456 e. The maximum atomic E-state index is 6.46. The van der Waals surface area contributed by atoms with Crippen molar-refractivity contribution in [1.29, 1.82) is 0 Å². The van der Waals surface area contributed by atoms with Gasteiger partial charge in [0.05, 0.1) is 5.69 Å². The molecule has 0 radical (unpaired) electrons. The van der Waals surface area contributed by atoms with E-state index in [1.165, 1.54) is 54.6 Å². The zero-order valence-corrected chi connectivity index (χ0v) is 26.3. The van der Waals surface area contributed by atoms with Gasteiger partial charge in [-0.25, -0.2) is 0 Å². The Labute approximate surface area is 273 Å². The molecule has 0 atom stereocenters. The molecule has 0 N–H and O–H groups in total. The Morgan fingerprint density at radius 3 is 1.98 bits per heavy atom. The largest absolute Gasteiger partial charge is 0.456 e. The highest BCUT2D eigenvalue weighted by atomic mass is 16.3. The molecule has 222 valence electrons. The molecule has 1 aromatic heterocycles. The molecule has 0 aliphatic heterocycles. The van der Waals surface area contributed by atoms with Gasteiger partial charge in [0.25, 0.3) is 0 Å². The Balaban J connectivity index is 1.32. The summed E-state index contributed by atoms with van der Waals surface area (Å²) in [5.41, 5.74) is 10.4. The maximum Gasteiger partial charge on any atom is 0.137 e. The van der Waals surface area contributed by atoms with Crippen LogP contribution in [0, 0.1) is 0 Å². The van der Waals surface area contributed by atoms with E-state index in [1.807, 2.05) is 6.07 Å². The SMILES string of the molecule is CC1(C)c2ccccc2-c2cc(N(c3ccc4c(c3)oc3ccccc34)c3cc4ccccc4c4ccc5ccccc5c34)ccc21. The van der Waals surface area contributed by atoms with Crippen LogP contribution in [0.2, 0.25) is 0 Å². The average molecular weight is 602 g/mol. The van der Waals surface area contributed by atoms with E-state index in [2.05, 4.69) is 164 Å². The van der Waals surface area contributed by atoms with Crippen molar-refractivity contribution in [3.8, 4) is 11.1 Å². The van der Waals surface area contributed by atoms with Gasteiger partial charge in [0.1, 0.15) is 11.2 Å². The van der Waals surface area contributed by atoms with Gasteiger partial charge in [0.2, 0.25) is 0 Å². The van der Waals surface area contributed by atoms with Crippen LogP contribution < -0.4 is 4.90 Å². The second-order valence-corrected chi connectivity index (χ2v) is 13.3. The van der Waals surface area contributed by atoms with Crippen LogP contribution in [0.15, 0.2) is 156 Å². The molecule has 9 aromatic rings. The highest BCUT2D eigenvalue weighted by Gasteiger charge is 2.35. The van der Waals surface area contributed by atoms with Crippen LogP contribution in [-0.2, 0) is 5.41 Å². The number of para-hydroxylation sites is 1. The van der Waals surface area contributed by atoms with Crippen molar-refractivity contribution in [3.63, 3.8) is 0 Å². The van der Waals surface area contributed by atoms with Crippen molar-refractivity contribution >= 4 is 71.3 Å². The first-order valence-corrected chi connectivity index (χ1v) is 16.4. The van der Waals surface area contributed by atoms with Gasteiger partial charge in [-0.3, -0.25) is 0 Å². The molecule has 47 heavy (non-hydrogen) atoms. The summed E-state index contributed by atoms with van der Waals surface area (Å²) in [5.74, 6) is 0. The van der Waals surface area contributed by atoms with Crippen molar-refractivity contribution in [1.82, 2.24) is 0 Å². The molecular weight excluding hydrogens is 571 g/mol. The van der Waals surface area contributed by atoms with Crippen molar-refractivity contribution < 1.29 is 4.42 Å². The molecule has 0 saturated carbocycles. The van der Waals surface area contributed by atoms with Crippen LogP contribution >= 0.6 is 0 Å². The third-order valence-electron chi connectivity index (χ3n) is 10.4. The van der Waals surface area contributed by atoms with Gasteiger partial charge in [-0.1, -0.05) is 123 Å². The van der Waals surface area contributed by atoms with E-state index < -0.39 is 0 Å². The number of hydrogen-bond acceptors (Lipinski definition) is 2. The van der Waals surface area contributed by atoms with Crippen LogP contribution in [0.25, 0.3) is 65.4 Å². The molecule has 0 amide bonds. The lowest BCUT2D eigenvalue weighted by atomic mass is 9.82. The van der Waals surface area contributed by atoms with Crippen LogP contribution in [-0.4, -0.2) is 0 Å². The van der Waals surface area contributed by atoms with Crippen LogP contribution in [0.5, 0.6) is 0 Å². The van der Waals surface area contributed by atoms with Gasteiger partial charge >= 0.3 is 0 Å².